The number of nitrogens with two attached hydrogens (primary N) is 1. The monoisotopic (exact) mass is 289 g/mol. The van der Waals surface area contributed by atoms with Crippen LogP contribution < -0.4 is 11.1 Å². The summed E-state index contributed by atoms with van der Waals surface area (Å²) in [5, 5.41) is 5.23. The number of anilines is 1. The van der Waals surface area contributed by atoms with Crippen molar-refractivity contribution in [3.05, 3.63) is 46.5 Å². The number of carbonyl (C=O) groups excluding carboxylic acids is 1. The molecule has 1 aromatic heterocycles. The maximum Gasteiger partial charge on any atom is 0.239 e. The molecule has 5 heteroatoms. The van der Waals surface area contributed by atoms with E-state index in [1.54, 1.807) is 0 Å². The summed E-state index contributed by atoms with van der Waals surface area (Å²) in [5.74, 6) is 0.327. The van der Waals surface area contributed by atoms with Gasteiger partial charge in [0.05, 0.1) is 12.2 Å². The van der Waals surface area contributed by atoms with Gasteiger partial charge in [-0.15, -0.1) is 11.3 Å². The van der Waals surface area contributed by atoms with Crippen LogP contribution in [0.1, 0.15) is 36.6 Å². The quantitative estimate of drug-likeness (QED) is 0.889. The van der Waals surface area contributed by atoms with Gasteiger partial charge < -0.3 is 11.1 Å². The van der Waals surface area contributed by atoms with Crippen molar-refractivity contribution in [3.8, 4) is 0 Å². The van der Waals surface area contributed by atoms with Crippen molar-refractivity contribution < 1.29 is 4.79 Å². The fraction of sp³-hybridized carbons (Fsp3) is 0.333. The van der Waals surface area contributed by atoms with Crippen molar-refractivity contribution in [2.75, 3.05) is 11.9 Å². The average molecular weight is 289 g/mol. The molecule has 4 nitrogen and oxygen atoms in total. The van der Waals surface area contributed by atoms with E-state index in [0.29, 0.717) is 11.0 Å². The molecule has 0 saturated carbocycles. The average Bonchev–Trinajstić information content (AvgIpc) is 2.86. The zero-order valence-electron chi connectivity index (χ0n) is 11.7. The number of hydrogen-bond acceptors (Lipinski definition) is 4. The molecule has 1 heterocycles. The number of carbonyl (C=O) groups is 1. The van der Waals surface area contributed by atoms with Crippen molar-refractivity contribution >= 4 is 22.4 Å². The molecular weight excluding hydrogens is 270 g/mol. The van der Waals surface area contributed by atoms with Crippen LogP contribution in [0, 0.1) is 0 Å². The molecular formula is C15H19N3OS. The summed E-state index contributed by atoms with van der Waals surface area (Å²) < 4.78 is 0. The van der Waals surface area contributed by atoms with Crippen LogP contribution in [0.25, 0.3) is 0 Å². The van der Waals surface area contributed by atoms with Gasteiger partial charge in [-0.05, 0) is 17.0 Å². The van der Waals surface area contributed by atoms with Crippen LogP contribution in [0.15, 0.2) is 29.6 Å². The zero-order valence-corrected chi connectivity index (χ0v) is 12.5. The molecule has 0 aliphatic rings. The number of rotatable bonds is 5. The summed E-state index contributed by atoms with van der Waals surface area (Å²) in [4.78, 5) is 15.6. The first-order chi connectivity index (χ1) is 9.58. The van der Waals surface area contributed by atoms with E-state index in [1.165, 1.54) is 22.5 Å². The molecule has 2 rings (SSSR count). The van der Waals surface area contributed by atoms with Crippen LogP contribution in [0.2, 0.25) is 0 Å². The van der Waals surface area contributed by atoms with E-state index >= 15 is 0 Å². The molecule has 106 valence electrons. The highest BCUT2D eigenvalue weighted by Crippen LogP contribution is 2.20. The minimum absolute atomic E-state index is 0.0222. The first-order valence-corrected chi connectivity index (χ1v) is 7.49. The van der Waals surface area contributed by atoms with E-state index < -0.39 is 0 Å². The summed E-state index contributed by atoms with van der Waals surface area (Å²) in [5.41, 5.74) is 8.77. The van der Waals surface area contributed by atoms with E-state index in [-0.39, 0.29) is 12.5 Å². The van der Waals surface area contributed by atoms with Crippen LogP contribution in [-0.4, -0.2) is 17.4 Å². The van der Waals surface area contributed by atoms with Gasteiger partial charge in [0.25, 0.3) is 0 Å². The molecule has 0 aliphatic heterocycles. The number of nitrogens with zero attached hydrogens (tertiary/aromatic N) is 1. The molecule has 1 amide bonds. The van der Waals surface area contributed by atoms with Crippen molar-refractivity contribution in [1.82, 2.24) is 4.98 Å². The summed E-state index contributed by atoms with van der Waals surface area (Å²) in [7, 11) is 0. The topological polar surface area (TPSA) is 68.0 Å². The van der Waals surface area contributed by atoms with Gasteiger partial charge in [-0.2, -0.15) is 0 Å². The molecule has 20 heavy (non-hydrogen) atoms. The van der Waals surface area contributed by atoms with Crippen molar-refractivity contribution in [2.45, 2.75) is 26.2 Å². The zero-order chi connectivity index (χ0) is 14.5. The first-order valence-electron chi connectivity index (χ1n) is 6.61. The van der Waals surface area contributed by atoms with Crippen molar-refractivity contribution in [2.24, 2.45) is 5.73 Å². The van der Waals surface area contributed by atoms with E-state index in [9.17, 15) is 4.79 Å². The van der Waals surface area contributed by atoms with Crippen LogP contribution in [0.3, 0.4) is 0 Å². The Labute approximate surface area is 123 Å². The van der Waals surface area contributed by atoms with Gasteiger partial charge in [-0.1, -0.05) is 38.1 Å². The molecule has 0 saturated heterocycles. The molecule has 0 spiro atoms. The highest BCUT2D eigenvalue weighted by atomic mass is 32.1. The van der Waals surface area contributed by atoms with E-state index in [1.807, 2.05) is 5.38 Å². The van der Waals surface area contributed by atoms with Gasteiger partial charge in [0.1, 0.15) is 0 Å². The Morgan fingerprint density at radius 2 is 2.05 bits per heavy atom. The number of benzene rings is 1. The van der Waals surface area contributed by atoms with E-state index in [0.717, 1.165) is 12.1 Å². The minimum Gasteiger partial charge on any atom is -0.322 e. The standard InChI is InChI=1S/C15H19N3OS/c1-10(2)12-5-3-11(4-6-12)7-13-9-20-15(17-13)18-14(19)8-16/h3-6,9-10H,7-8,16H2,1-2H3,(H,17,18,19). The predicted molar refractivity (Wildman–Crippen MR) is 83.1 cm³/mol. The third-order valence-corrected chi connectivity index (χ3v) is 3.82. The van der Waals surface area contributed by atoms with E-state index in [4.69, 9.17) is 5.73 Å². The summed E-state index contributed by atoms with van der Waals surface area (Å²) in [6, 6.07) is 8.58. The Balaban J connectivity index is 2.01. The number of thiazole rings is 1. The molecule has 0 unspecified atom stereocenters. The highest BCUT2D eigenvalue weighted by molar-refractivity contribution is 7.13. The fourth-order valence-corrected chi connectivity index (χ4v) is 2.57. The number of amides is 1. The molecule has 0 atom stereocenters. The largest absolute Gasteiger partial charge is 0.322 e. The van der Waals surface area contributed by atoms with Crippen LogP contribution >= 0.6 is 11.3 Å². The lowest BCUT2D eigenvalue weighted by Crippen LogP contribution is -2.21. The second kappa shape index (κ2) is 6.63. The second-order valence-electron chi connectivity index (χ2n) is 4.97. The summed E-state index contributed by atoms with van der Waals surface area (Å²) >= 11 is 1.42. The second-order valence-corrected chi connectivity index (χ2v) is 5.83. The number of aromatic nitrogens is 1. The Kier molecular flexibility index (Phi) is 4.87. The lowest BCUT2D eigenvalue weighted by molar-refractivity contribution is -0.114. The number of nitrogens with one attached hydrogen (secondary N) is 1. The van der Waals surface area contributed by atoms with Gasteiger partial charge >= 0.3 is 0 Å². The van der Waals surface area contributed by atoms with Gasteiger partial charge in [0.15, 0.2) is 5.13 Å². The van der Waals surface area contributed by atoms with Crippen LogP contribution in [0.4, 0.5) is 5.13 Å². The van der Waals surface area contributed by atoms with Gasteiger partial charge in [0.2, 0.25) is 5.91 Å². The summed E-state index contributed by atoms with van der Waals surface area (Å²) in [6.07, 6.45) is 0.771. The molecule has 0 aliphatic carbocycles. The molecule has 2 aromatic rings. The molecule has 3 N–H and O–H groups in total. The molecule has 0 fully saturated rings. The highest BCUT2D eigenvalue weighted by Gasteiger charge is 2.06. The SMILES string of the molecule is CC(C)c1ccc(Cc2csc(NC(=O)CN)n2)cc1. The fourth-order valence-electron chi connectivity index (χ4n) is 1.85. The minimum atomic E-state index is -0.216. The number of hydrogen-bond donors (Lipinski definition) is 2. The van der Waals surface area contributed by atoms with Gasteiger partial charge in [0, 0.05) is 11.8 Å². The Bertz CT molecular complexity index is 575. The summed E-state index contributed by atoms with van der Waals surface area (Å²) in [6.45, 7) is 4.34. The normalized spacial score (nSPS) is 10.8. The smallest absolute Gasteiger partial charge is 0.239 e. The lowest BCUT2D eigenvalue weighted by atomic mass is 10.0. The third-order valence-electron chi connectivity index (χ3n) is 3.02. The Hall–Kier alpha value is -1.72. The van der Waals surface area contributed by atoms with Crippen molar-refractivity contribution in [1.29, 1.82) is 0 Å². The maximum atomic E-state index is 11.2. The molecule has 0 radical (unpaired) electrons. The Morgan fingerprint density at radius 3 is 2.65 bits per heavy atom. The molecule has 0 bridgehead atoms. The predicted octanol–water partition coefficient (Wildman–Crippen LogP) is 2.75. The van der Waals surface area contributed by atoms with Crippen molar-refractivity contribution in [3.63, 3.8) is 0 Å². The lowest BCUT2D eigenvalue weighted by Gasteiger charge is -2.06. The Morgan fingerprint density at radius 1 is 1.35 bits per heavy atom. The third kappa shape index (κ3) is 3.88. The van der Waals surface area contributed by atoms with Gasteiger partial charge in [-0.3, -0.25) is 4.79 Å². The maximum absolute atomic E-state index is 11.2. The van der Waals surface area contributed by atoms with Gasteiger partial charge in [-0.25, -0.2) is 4.98 Å². The van der Waals surface area contributed by atoms with Crippen LogP contribution in [-0.2, 0) is 11.2 Å². The van der Waals surface area contributed by atoms with Crippen LogP contribution in [0.5, 0.6) is 0 Å². The molecule has 1 aromatic carbocycles. The first kappa shape index (κ1) is 14.7. The van der Waals surface area contributed by atoms with E-state index in [2.05, 4.69) is 48.4 Å².